The van der Waals surface area contributed by atoms with E-state index in [1.807, 2.05) is 18.2 Å². The van der Waals surface area contributed by atoms with E-state index < -0.39 is 6.10 Å². The Morgan fingerprint density at radius 2 is 2.21 bits per heavy atom. The number of hydrogen-bond acceptors (Lipinski definition) is 3. The number of benzene rings is 1. The number of aliphatic hydroxyl groups excluding tert-OH is 1. The molecular formula is C15H22ClNO2. The second kappa shape index (κ2) is 6.12. The van der Waals surface area contributed by atoms with Gasteiger partial charge in [0, 0.05) is 20.2 Å². The number of aliphatic hydroxyl groups is 1. The van der Waals surface area contributed by atoms with Crippen molar-refractivity contribution in [2.24, 2.45) is 5.92 Å². The van der Waals surface area contributed by atoms with E-state index in [0.29, 0.717) is 10.9 Å². The first-order chi connectivity index (χ1) is 9.02. The van der Waals surface area contributed by atoms with E-state index in [4.69, 9.17) is 16.3 Å². The number of piperidine rings is 1. The second-order valence-electron chi connectivity index (χ2n) is 5.37. The highest BCUT2D eigenvalue weighted by Gasteiger charge is 2.27. The van der Waals surface area contributed by atoms with Crippen LogP contribution in [0.2, 0.25) is 5.02 Å². The molecule has 1 aromatic rings. The van der Waals surface area contributed by atoms with Crippen molar-refractivity contribution >= 4 is 17.3 Å². The van der Waals surface area contributed by atoms with Gasteiger partial charge >= 0.3 is 0 Å². The first kappa shape index (κ1) is 14.6. The van der Waals surface area contributed by atoms with Crippen LogP contribution in [0.5, 0.6) is 0 Å². The number of ether oxygens (including phenoxy) is 1. The highest BCUT2D eigenvalue weighted by atomic mass is 35.5. The molecule has 106 valence electrons. The first-order valence-corrected chi connectivity index (χ1v) is 7.16. The number of halogens is 1. The molecule has 3 unspecified atom stereocenters. The van der Waals surface area contributed by atoms with Gasteiger partial charge < -0.3 is 14.7 Å². The number of nitrogens with zero attached hydrogens (tertiary/aromatic N) is 1. The Hall–Kier alpha value is -0.770. The topological polar surface area (TPSA) is 32.7 Å². The summed E-state index contributed by atoms with van der Waals surface area (Å²) in [5.74, 6) is 0.580. The molecule has 1 aliphatic rings. The zero-order valence-corrected chi connectivity index (χ0v) is 12.5. The third-order valence-corrected chi connectivity index (χ3v) is 4.29. The minimum Gasteiger partial charge on any atom is -0.389 e. The average molecular weight is 284 g/mol. The van der Waals surface area contributed by atoms with E-state index in [0.717, 1.165) is 30.8 Å². The van der Waals surface area contributed by atoms with Crippen molar-refractivity contribution in [1.82, 2.24) is 0 Å². The number of hydrogen-bond donors (Lipinski definition) is 1. The Bertz CT molecular complexity index is 436. The smallest absolute Gasteiger partial charge is 0.0772 e. The Kier molecular flexibility index (Phi) is 4.71. The molecule has 1 N–H and O–H groups in total. The second-order valence-corrected chi connectivity index (χ2v) is 5.78. The van der Waals surface area contributed by atoms with Crippen LogP contribution in [0, 0.1) is 5.92 Å². The minimum atomic E-state index is -0.486. The standard InChI is InChI=1S/C15H22ClNO2/c1-10-6-7-17(9-15(10)19-3)14-5-4-12(11(2)18)8-13(14)16/h4-5,8,10-11,15,18H,6-7,9H2,1-3H3. The Balaban J connectivity index is 2.18. The summed E-state index contributed by atoms with van der Waals surface area (Å²) in [6, 6.07) is 5.78. The summed E-state index contributed by atoms with van der Waals surface area (Å²) in [4.78, 5) is 2.27. The van der Waals surface area contributed by atoms with Crippen LogP contribution in [0.4, 0.5) is 5.69 Å². The van der Waals surface area contributed by atoms with Gasteiger partial charge in [-0.3, -0.25) is 0 Å². The molecule has 1 fully saturated rings. The molecule has 0 radical (unpaired) electrons. The lowest BCUT2D eigenvalue weighted by molar-refractivity contribution is 0.0498. The van der Waals surface area contributed by atoms with Crippen LogP contribution in [0.15, 0.2) is 18.2 Å². The summed E-state index contributed by atoms with van der Waals surface area (Å²) in [6.07, 6.45) is 0.869. The van der Waals surface area contributed by atoms with Gasteiger partial charge in [-0.25, -0.2) is 0 Å². The van der Waals surface area contributed by atoms with Crippen molar-refractivity contribution < 1.29 is 9.84 Å². The van der Waals surface area contributed by atoms with Crippen LogP contribution in [0.25, 0.3) is 0 Å². The zero-order chi connectivity index (χ0) is 14.0. The lowest BCUT2D eigenvalue weighted by Crippen LogP contribution is -2.44. The van der Waals surface area contributed by atoms with Crippen LogP contribution >= 0.6 is 11.6 Å². The van der Waals surface area contributed by atoms with Crippen molar-refractivity contribution in [3.05, 3.63) is 28.8 Å². The lowest BCUT2D eigenvalue weighted by atomic mass is 9.95. The van der Waals surface area contributed by atoms with E-state index >= 15 is 0 Å². The fourth-order valence-electron chi connectivity index (χ4n) is 2.60. The van der Waals surface area contributed by atoms with Crippen LogP contribution in [-0.4, -0.2) is 31.4 Å². The van der Waals surface area contributed by atoms with E-state index in [2.05, 4.69) is 11.8 Å². The minimum absolute atomic E-state index is 0.251. The number of rotatable bonds is 3. The van der Waals surface area contributed by atoms with Gasteiger partial charge in [-0.1, -0.05) is 24.6 Å². The SMILES string of the molecule is COC1CN(c2ccc(C(C)O)cc2Cl)CCC1C. The summed E-state index contributed by atoms with van der Waals surface area (Å²) in [5, 5.41) is 10.3. The van der Waals surface area contributed by atoms with Crippen LogP contribution in [0.3, 0.4) is 0 Å². The van der Waals surface area contributed by atoms with Gasteiger partial charge in [-0.15, -0.1) is 0 Å². The molecule has 4 heteroatoms. The summed E-state index contributed by atoms with van der Waals surface area (Å²) in [7, 11) is 1.77. The van der Waals surface area contributed by atoms with Crippen LogP contribution in [-0.2, 0) is 4.74 Å². The van der Waals surface area contributed by atoms with Crippen LogP contribution in [0.1, 0.15) is 31.9 Å². The van der Waals surface area contributed by atoms with Gasteiger partial charge in [0.25, 0.3) is 0 Å². The maximum absolute atomic E-state index is 9.57. The largest absolute Gasteiger partial charge is 0.389 e. The summed E-state index contributed by atoms with van der Waals surface area (Å²) < 4.78 is 5.53. The molecule has 1 aromatic carbocycles. The van der Waals surface area contributed by atoms with Gasteiger partial charge in [-0.2, -0.15) is 0 Å². The molecule has 0 aliphatic carbocycles. The molecule has 1 heterocycles. The molecule has 0 aromatic heterocycles. The van der Waals surface area contributed by atoms with Gasteiger partial charge in [0.05, 0.1) is 22.9 Å². The molecule has 3 atom stereocenters. The third-order valence-electron chi connectivity index (χ3n) is 3.99. The molecule has 0 bridgehead atoms. The fraction of sp³-hybridized carbons (Fsp3) is 0.600. The van der Waals surface area contributed by atoms with E-state index in [9.17, 15) is 5.11 Å². The van der Waals surface area contributed by atoms with Crippen molar-refractivity contribution in [2.75, 3.05) is 25.1 Å². The molecule has 3 nitrogen and oxygen atoms in total. The quantitative estimate of drug-likeness (QED) is 0.924. The lowest BCUT2D eigenvalue weighted by Gasteiger charge is -2.38. The van der Waals surface area contributed by atoms with Crippen molar-refractivity contribution in [2.45, 2.75) is 32.5 Å². The Morgan fingerprint density at radius 3 is 2.79 bits per heavy atom. The molecule has 0 amide bonds. The summed E-state index contributed by atoms with van der Waals surface area (Å²) in [5.41, 5.74) is 1.88. The molecular weight excluding hydrogens is 262 g/mol. The molecule has 0 spiro atoms. The summed E-state index contributed by atoms with van der Waals surface area (Å²) in [6.45, 7) is 5.83. The van der Waals surface area contributed by atoms with E-state index in [-0.39, 0.29) is 6.10 Å². The van der Waals surface area contributed by atoms with E-state index in [1.165, 1.54) is 0 Å². The number of anilines is 1. The maximum Gasteiger partial charge on any atom is 0.0772 e. The molecule has 1 aliphatic heterocycles. The van der Waals surface area contributed by atoms with Gasteiger partial charge in [-0.05, 0) is 37.0 Å². The molecule has 0 saturated carbocycles. The first-order valence-electron chi connectivity index (χ1n) is 6.78. The highest BCUT2D eigenvalue weighted by Crippen LogP contribution is 2.32. The monoisotopic (exact) mass is 283 g/mol. The maximum atomic E-state index is 9.57. The van der Waals surface area contributed by atoms with Crippen LogP contribution < -0.4 is 4.90 Å². The van der Waals surface area contributed by atoms with E-state index in [1.54, 1.807) is 14.0 Å². The van der Waals surface area contributed by atoms with Gasteiger partial charge in [0.2, 0.25) is 0 Å². The molecule has 1 saturated heterocycles. The molecule has 19 heavy (non-hydrogen) atoms. The number of methoxy groups -OCH3 is 1. The predicted molar refractivity (Wildman–Crippen MR) is 78.9 cm³/mol. The average Bonchev–Trinajstić information content (AvgIpc) is 2.39. The normalized spacial score (nSPS) is 25.4. The zero-order valence-electron chi connectivity index (χ0n) is 11.8. The van der Waals surface area contributed by atoms with Crippen molar-refractivity contribution in [3.8, 4) is 0 Å². The fourth-order valence-corrected chi connectivity index (χ4v) is 2.91. The Labute approximate surface area is 120 Å². The third kappa shape index (κ3) is 3.22. The van der Waals surface area contributed by atoms with Gasteiger partial charge in [0.1, 0.15) is 0 Å². The highest BCUT2D eigenvalue weighted by molar-refractivity contribution is 6.33. The van der Waals surface area contributed by atoms with Gasteiger partial charge in [0.15, 0.2) is 0 Å². The van der Waals surface area contributed by atoms with Crippen molar-refractivity contribution in [3.63, 3.8) is 0 Å². The predicted octanol–water partition coefficient (Wildman–Crippen LogP) is 3.25. The van der Waals surface area contributed by atoms with Crippen molar-refractivity contribution in [1.29, 1.82) is 0 Å². The molecule has 2 rings (SSSR count). The summed E-state index contributed by atoms with van der Waals surface area (Å²) >= 11 is 6.34. The Morgan fingerprint density at radius 1 is 1.47 bits per heavy atom.